The fraction of sp³-hybridized carbons (Fsp3) is 0.286. The molecule has 28 heavy (non-hydrogen) atoms. The number of amides is 1. The molecule has 1 fully saturated rings. The molecule has 1 aliphatic rings. The Labute approximate surface area is 166 Å². The molecule has 0 aliphatic carbocycles. The molecule has 5 rings (SSSR count). The Balaban J connectivity index is 1.40. The fourth-order valence-electron chi connectivity index (χ4n) is 3.81. The van der Waals surface area contributed by atoms with E-state index in [1.54, 1.807) is 23.7 Å². The van der Waals surface area contributed by atoms with Gasteiger partial charge in [-0.15, -0.1) is 11.3 Å². The molecule has 4 aromatic heterocycles. The van der Waals surface area contributed by atoms with Crippen molar-refractivity contribution in [3.8, 4) is 10.4 Å². The van der Waals surface area contributed by atoms with Crippen LogP contribution in [0.2, 0.25) is 0 Å². The van der Waals surface area contributed by atoms with Gasteiger partial charge in [0.25, 0.3) is 5.91 Å². The van der Waals surface area contributed by atoms with Crippen LogP contribution >= 0.6 is 11.3 Å². The second-order valence-electron chi connectivity index (χ2n) is 7.15. The van der Waals surface area contributed by atoms with Crippen molar-refractivity contribution in [2.24, 2.45) is 0 Å². The van der Waals surface area contributed by atoms with Crippen molar-refractivity contribution in [2.45, 2.75) is 25.7 Å². The van der Waals surface area contributed by atoms with Gasteiger partial charge in [0, 0.05) is 35.6 Å². The van der Waals surface area contributed by atoms with Crippen LogP contribution in [-0.4, -0.2) is 38.5 Å². The van der Waals surface area contributed by atoms with E-state index in [0.29, 0.717) is 17.9 Å². The predicted molar refractivity (Wildman–Crippen MR) is 108 cm³/mol. The smallest absolute Gasteiger partial charge is 0.257 e. The summed E-state index contributed by atoms with van der Waals surface area (Å²) in [4.78, 5) is 20.7. The molecular formula is C21H20N4O2S. The van der Waals surface area contributed by atoms with Crippen LogP contribution in [0.3, 0.4) is 0 Å². The Bertz CT molecular complexity index is 1130. The highest BCUT2D eigenvalue weighted by molar-refractivity contribution is 7.13. The van der Waals surface area contributed by atoms with E-state index in [-0.39, 0.29) is 11.8 Å². The summed E-state index contributed by atoms with van der Waals surface area (Å²) >= 11 is 1.71. The van der Waals surface area contributed by atoms with Crippen molar-refractivity contribution in [3.05, 3.63) is 65.3 Å². The number of aromatic nitrogens is 3. The van der Waals surface area contributed by atoms with Crippen LogP contribution in [0.25, 0.3) is 16.1 Å². The van der Waals surface area contributed by atoms with Crippen molar-refractivity contribution in [2.75, 3.05) is 13.1 Å². The zero-order valence-electron chi connectivity index (χ0n) is 15.5. The maximum absolute atomic E-state index is 12.8. The van der Waals surface area contributed by atoms with E-state index in [0.717, 1.165) is 36.4 Å². The Morgan fingerprint density at radius 3 is 3.00 bits per heavy atom. The van der Waals surface area contributed by atoms with Gasteiger partial charge in [0.1, 0.15) is 5.76 Å². The van der Waals surface area contributed by atoms with Crippen LogP contribution in [0.4, 0.5) is 0 Å². The SMILES string of the molecule is Cc1occc1C(=O)N1CCC[C@@H](c2nc3ccc(-c4cccs4)cn3n2)C1. The molecule has 0 bridgehead atoms. The van der Waals surface area contributed by atoms with Crippen molar-refractivity contribution in [3.63, 3.8) is 0 Å². The number of furan rings is 1. The molecule has 1 atom stereocenters. The van der Waals surface area contributed by atoms with E-state index < -0.39 is 0 Å². The number of piperidine rings is 1. The van der Waals surface area contributed by atoms with Gasteiger partial charge < -0.3 is 9.32 Å². The van der Waals surface area contributed by atoms with Gasteiger partial charge in [-0.3, -0.25) is 4.79 Å². The number of nitrogens with zero attached hydrogens (tertiary/aromatic N) is 4. The molecule has 0 unspecified atom stereocenters. The van der Waals surface area contributed by atoms with Crippen molar-refractivity contribution in [1.82, 2.24) is 19.5 Å². The molecule has 1 amide bonds. The van der Waals surface area contributed by atoms with Gasteiger partial charge in [-0.05, 0) is 49.4 Å². The molecule has 0 radical (unpaired) electrons. The summed E-state index contributed by atoms with van der Waals surface area (Å²) in [5, 5.41) is 6.81. The number of carbonyl (C=O) groups is 1. The fourth-order valence-corrected chi connectivity index (χ4v) is 4.53. The maximum Gasteiger partial charge on any atom is 0.257 e. The molecule has 7 heteroatoms. The van der Waals surface area contributed by atoms with Crippen molar-refractivity contribution in [1.29, 1.82) is 0 Å². The molecule has 0 aromatic carbocycles. The van der Waals surface area contributed by atoms with E-state index in [2.05, 4.69) is 17.5 Å². The summed E-state index contributed by atoms with van der Waals surface area (Å²) in [6.45, 7) is 3.22. The van der Waals surface area contributed by atoms with E-state index in [4.69, 9.17) is 14.5 Å². The molecular weight excluding hydrogens is 372 g/mol. The number of hydrogen-bond donors (Lipinski definition) is 0. The summed E-state index contributed by atoms with van der Waals surface area (Å²) in [6.07, 6.45) is 5.53. The van der Waals surface area contributed by atoms with Crippen LogP contribution in [0.15, 0.2) is 52.6 Å². The highest BCUT2D eigenvalue weighted by Crippen LogP contribution is 2.28. The van der Waals surface area contributed by atoms with E-state index in [9.17, 15) is 4.79 Å². The molecule has 4 aromatic rings. The minimum Gasteiger partial charge on any atom is -0.469 e. The number of carbonyl (C=O) groups excluding carboxylic acids is 1. The third-order valence-electron chi connectivity index (χ3n) is 5.32. The quantitative estimate of drug-likeness (QED) is 0.519. The highest BCUT2D eigenvalue weighted by Gasteiger charge is 2.29. The molecule has 1 saturated heterocycles. The molecule has 142 valence electrons. The third kappa shape index (κ3) is 3.01. The minimum atomic E-state index is 0.0275. The van der Waals surface area contributed by atoms with Gasteiger partial charge in [-0.1, -0.05) is 6.07 Å². The topological polar surface area (TPSA) is 63.6 Å². The molecule has 5 heterocycles. The Kier molecular flexibility index (Phi) is 4.24. The zero-order valence-corrected chi connectivity index (χ0v) is 16.4. The van der Waals surface area contributed by atoms with Gasteiger partial charge in [0.15, 0.2) is 11.5 Å². The molecule has 1 aliphatic heterocycles. The van der Waals surface area contributed by atoms with Crippen LogP contribution in [0.5, 0.6) is 0 Å². The first-order chi connectivity index (χ1) is 13.7. The van der Waals surface area contributed by atoms with Crippen LogP contribution < -0.4 is 0 Å². The molecule has 0 spiro atoms. The van der Waals surface area contributed by atoms with Crippen LogP contribution in [0.1, 0.15) is 40.7 Å². The lowest BCUT2D eigenvalue weighted by Crippen LogP contribution is -2.39. The lowest BCUT2D eigenvalue weighted by Gasteiger charge is -2.31. The van der Waals surface area contributed by atoms with Gasteiger partial charge in [-0.2, -0.15) is 5.10 Å². The monoisotopic (exact) mass is 392 g/mol. The van der Waals surface area contributed by atoms with E-state index >= 15 is 0 Å². The van der Waals surface area contributed by atoms with Gasteiger partial charge in [0.05, 0.1) is 11.8 Å². The molecule has 0 N–H and O–H groups in total. The van der Waals surface area contributed by atoms with Gasteiger partial charge >= 0.3 is 0 Å². The number of pyridine rings is 1. The molecule has 6 nitrogen and oxygen atoms in total. The van der Waals surface area contributed by atoms with Crippen molar-refractivity contribution < 1.29 is 9.21 Å². The van der Waals surface area contributed by atoms with Gasteiger partial charge in [-0.25, -0.2) is 9.50 Å². The number of fused-ring (bicyclic) bond motifs is 1. The number of hydrogen-bond acceptors (Lipinski definition) is 5. The second kappa shape index (κ2) is 6.91. The summed E-state index contributed by atoms with van der Waals surface area (Å²) in [5.74, 6) is 1.65. The summed E-state index contributed by atoms with van der Waals surface area (Å²) in [6, 6.07) is 9.99. The Morgan fingerprint density at radius 1 is 1.29 bits per heavy atom. The normalized spacial score (nSPS) is 17.3. The summed E-state index contributed by atoms with van der Waals surface area (Å²) in [7, 11) is 0. The lowest BCUT2D eigenvalue weighted by molar-refractivity contribution is 0.0703. The summed E-state index contributed by atoms with van der Waals surface area (Å²) < 4.78 is 7.15. The maximum atomic E-state index is 12.8. The Morgan fingerprint density at radius 2 is 2.21 bits per heavy atom. The first-order valence-electron chi connectivity index (χ1n) is 9.42. The number of aryl methyl sites for hydroxylation is 1. The van der Waals surface area contributed by atoms with E-state index in [1.807, 2.05) is 34.7 Å². The highest BCUT2D eigenvalue weighted by atomic mass is 32.1. The largest absolute Gasteiger partial charge is 0.469 e. The van der Waals surface area contributed by atoms with Crippen molar-refractivity contribution >= 4 is 22.9 Å². The van der Waals surface area contributed by atoms with Crippen LogP contribution in [0, 0.1) is 6.92 Å². The Hall–Kier alpha value is -2.93. The first kappa shape index (κ1) is 17.2. The average Bonchev–Trinajstić information content (AvgIpc) is 3.47. The minimum absolute atomic E-state index is 0.0275. The summed E-state index contributed by atoms with van der Waals surface area (Å²) in [5.41, 5.74) is 2.61. The van der Waals surface area contributed by atoms with Crippen LogP contribution in [-0.2, 0) is 0 Å². The predicted octanol–water partition coefficient (Wildman–Crippen LogP) is 4.38. The second-order valence-corrected chi connectivity index (χ2v) is 8.10. The molecule has 0 saturated carbocycles. The number of thiophene rings is 1. The number of likely N-dealkylation sites (tertiary alicyclic amines) is 1. The average molecular weight is 392 g/mol. The van der Waals surface area contributed by atoms with Gasteiger partial charge in [0.2, 0.25) is 0 Å². The third-order valence-corrected chi connectivity index (χ3v) is 6.23. The first-order valence-corrected chi connectivity index (χ1v) is 10.3. The zero-order chi connectivity index (χ0) is 19.1. The lowest BCUT2D eigenvalue weighted by atomic mass is 9.97. The number of rotatable bonds is 3. The van der Waals surface area contributed by atoms with E-state index in [1.165, 1.54) is 4.88 Å². The standard InChI is InChI=1S/C21H20N4O2S/c1-14-17(8-10-27-14)21(26)24-9-2-4-16(12-24)20-22-19-7-6-15(13-25(19)23-20)18-5-3-11-28-18/h3,5-8,10-11,13,16H,2,4,9,12H2,1H3/t16-/m1/s1.